The van der Waals surface area contributed by atoms with Crippen molar-refractivity contribution in [3.05, 3.63) is 167 Å². The quantitative estimate of drug-likeness (QED) is 0.0230. The highest BCUT2D eigenvalue weighted by atomic mass is 16.5. The normalized spacial score (nSPS) is 11.1. The van der Waals surface area contributed by atoms with Crippen LogP contribution in [0.3, 0.4) is 0 Å². The number of nitrogens with two attached hydrogens (primary N) is 2. The Bertz CT molecular complexity index is 3280. The van der Waals surface area contributed by atoms with E-state index in [4.69, 9.17) is 49.9 Å². The van der Waals surface area contributed by atoms with Gasteiger partial charge in [0.05, 0.1) is 86.6 Å². The summed E-state index contributed by atoms with van der Waals surface area (Å²) in [7, 11) is 5.48. The van der Waals surface area contributed by atoms with E-state index in [-0.39, 0.29) is 45.7 Å². The van der Waals surface area contributed by atoms with E-state index >= 15 is 0 Å². The van der Waals surface area contributed by atoms with Gasteiger partial charge in [0.2, 0.25) is 11.6 Å². The van der Waals surface area contributed by atoms with Crippen molar-refractivity contribution in [3.63, 3.8) is 0 Å². The molecule has 0 saturated heterocycles. The van der Waals surface area contributed by atoms with E-state index < -0.39 is 23.5 Å². The molecule has 0 aliphatic rings. The molecule has 4 aromatic carbocycles. The summed E-state index contributed by atoms with van der Waals surface area (Å²) in [5.74, 6) is -1.80. The molecule has 76 heavy (non-hydrogen) atoms. The highest BCUT2D eigenvalue weighted by Gasteiger charge is 2.25. The first kappa shape index (κ1) is 52.9. The second kappa shape index (κ2) is 24.1. The lowest BCUT2D eigenvalue weighted by atomic mass is 10.1. The zero-order chi connectivity index (χ0) is 53.9. The molecule has 8 aromatic rings. The van der Waals surface area contributed by atoms with E-state index in [0.717, 1.165) is 0 Å². The van der Waals surface area contributed by atoms with Crippen LogP contribution in [0.5, 0.6) is 11.5 Å². The monoisotopic (exact) mass is 1030 g/mol. The summed E-state index contributed by atoms with van der Waals surface area (Å²) in [6.45, 7) is 1.97. The molecule has 0 unspecified atom stereocenters. The van der Waals surface area contributed by atoms with Crippen LogP contribution in [-0.2, 0) is 18.9 Å². The Morgan fingerprint density at radius 1 is 0.487 bits per heavy atom. The molecule has 20 nitrogen and oxygen atoms in total. The van der Waals surface area contributed by atoms with Crippen molar-refractivity contribution >= 4 is 57.7 Å². The van der Waals surface area contributed by atoms with E-state index in [1.54, 1.807) is 118 Å². The number of esters is 2. The molecule has 0 aliphatic carbocycles. The fraction of sp³-hybridized carbons (Fsp3) is 0.214. The molecule has 6 N–H and O–H groups in total. The predicted molar refractivity (Wildman–Crippen MR) is 281 cm³/mol. The number of ether oxygens (including phenoxy) is 6. The Hall–Kier alpha value is -9.40. The molecule has 4 heterocycles. The molecular formula is C56H54N8O12. The number of anilines is 2. The van der Waals surface area contributed by atoms with Gasteiger partial charge in [-0.15, -0.1) is 0 Å². The van der Waals surface area contributed by atoms with Gasteiger partial charge in [0.25, 0.3) is 11.8 Å². The summed E-state index contributed by atoms with van der Waals surface area (Å²) in [5.41, 5.74) is 17.2. The van der Waals surface area contributed by atoms with Gasteiger partial charge in [-0.05, 0) is 97.8 Å². The smallest absolute Gasteiger partial charge is 0.337 e. The number of imidazole rings is 2. The van der Waals surface area contributed by atoms with E-state index in [1.165, 1.54) is 40.6 Å². The molecule has 20 heteroatoms. The standard InChI is InChI=1S/C56H54N8O12/c1-71-45-31-35(13-15-41(45)57)49(65)51-61-47(33-9-5-11-39(27-33)55(69)73-3)43-29-37(17-21-63(43)51)53(67)59-19-7-23-75-25-26-76-24-8-20-60-54(68)38-18-22-64-44(30-38)48(34-10-6-12-40(28-34)56(70)74-4)62-52(64)50(66)36-14-16-42(58)46(32-36)72-2/h5-6,9-18,21-22,27-32H,7-8,19-20,23-26,57-58H2,1-4H3,(H,59,67)(H,60,68). The summed E-state index contributed by atoms with van der Waals surface area (Å²) in [6, 6.07) is 29.1. The second-order valence-corrected chi connectivity index (χ2v) is 17.1. The number of nitrogen functional groups attached to an aromatic ring is 2. The fourth-order valence-corrected chi connectivity index (χ4v) is 8.26. The Morgan fingerprint density at radius 2 is 0.908 bits per heavy atom. The van der Waals surface area contributed by atoms with Gasteiger partial charge in [-0.1, -0.05) is 24.3 Å². The molecule has 0 radical (unpaired) electrons. The van der Waals surface area contributed by atoms with Gasteiger partial charge < -0.3 is 50.5 Å². The summed E-state index contributed by atoms with van der Waals surface area (Å²) in [4.78, 5) is 88.8. The van der Waals surface area contributed by atoms with Gasteiger partial charge in [0.15, 0.2) is 11.6 Å². The molecule has 390 valence electrons. The van der Waals surface area contributed by atoms with Crippen LogP contribution in [-0.4, -0.2) is 122 Å². The van der Waals surface area contributed by atoms with E-state index in [0.29, 0.717) is 120 Å². The lowest BCUT2D eigenvalue weighted by Crippen LogP contribution is -2.26. The lowest BCUT2D eigenvalue weighted by Gasteiger charge is -2.09. The largest absolute Gasteiger partial charge is 0.495 e. The first-order chi connectivity index (χ1) is 36.8. The molecule has 0 fully saturated rings. The number of rotatable bonds is 23. The lowest BCUT2D eigenvalue weighted by molar-refractivity contribution is 0.0459. The van der Waals surface area contributed by atoms with Crippen LogP contribution >= 0.6 is 0 Å². The SMILES string of the molecule is COC(=O)c1cccc(-c2nc(C(=O)c3ccc(N)c(OC)c3)n3ccc(C(=O)NCCCOCCOCCCNC(=O)c4ccn5c(C(=O)c6ccc(N)c(OC)c6)nc(-c6cccc(C(=O)OC)c6)c5c4)cc23)c1. The Morgan fingerprint density at radius 3 is 1.30 bits per heavy atom. The Balaban J connectivity index is 0.814. The van der Waals surface area contributed by atoms with Crippen LogP contribution in [0.15, 0.2) is 122 Å². The molecule has 4 aromatic heterocycles. The number of hydrogen-bond donors (Lipinski definition) is 4. The molecular weight excluding hydrogens is 977 g/mol. The summed E-state index contributed by atoms with van der Waals surface area (Å²) in [5, 5.41) is 5.82. The van der Waals surface area contributed by atoms with Gasteiger partial charge in [0.1, 0.15) is 11.5 Å². The van der Waals surface area contributed by atoms with E-state index in [1.807, 2.05) is 0 Å². The van der Waals surface area contributed by atoms with Gasteiger partial charge in [0, 0.05) is 72.1 Å². The number of amides is 2. The average molecular weight is 1030 g/mol. The van der Waals surface area contributed by atoms with Crippen LogP contribution in [0.25, 0.3) is 33.5 Å². The van der Waals surface area contributed by atoms with E-state index in [2.05, 4.69) is 10.6 Å². The van der Waals surface area contributed by atoms with E-state index in [9.17, 15) is 28.8 Å². The number of aromatic nitrogens is 4. The van der Waals surface area contributed by atoms with Crippen LogP contribution < -0.4 is 31.6 Å². The number of methoxy groups -OCH3 is 4. The van der Waals surface area contributed by atoms with Gasteiger partial charge in [-0.3, -0.25) is 28.0 Å². The van der Waals surface area contributed by atoms with Crippen LogP contribution in [0.4, 0.5) is 11.4 Å². The summed E-state index contributed by atoms with van der Waals surface area (Å²) in [6.07, 6.45) is 4.23. The second-order valence-electron chi connectivity index (χ2n) is 17.1. The Kier molecular flexibility index (Phi) is 16.8. The zero-order valence-electron chi connectivity index (χ0n) is 42.0. The van der Waals surface area contributed by atoms with Gasteiger partial charge in [-0.2, -0.15) is 0 Å². The Labute approximate surface area is 435 Å². The summed E-state index contributed by atoms with van der Waals surface area (Å²) < 4.78 is 35.1. The highest BCUT2D eigenvalue weighted by molar-refractivity contribution is 6.10. The number of fused-ring (bicyclic) bond motifs is 2. The molecule has 0 saturated carbocycles. The van der Waals surface area contributed by atoms with Gasteiger partial charge >= 0.3 is 11.9 Å². The highest BCUT2D eigenvalue weighted by Crippen LogP contribution is 2.32. The molecule has 8 rings (SSSR count). The number of nitrogens with zero attached hydrogens (tertiary/aromatic N) is 4. The molecule has 0 atom stereocenters. The number of pyridine rings is 2. The minimum absolute atomic E-state index is 0.0726. The van der Waals surface area contributed by atoms with Crippen molar-refractivity contribution in [2.75, 3.05) is 79.4 Å². The number of nitrogens with one attached hydrogen (secondary N) is 2. The third kappa shape index (κ3) is 11.7. The maximum Gasteiger partial charge on any atom is 0.337 e. The van der Waals surface area contributed by atoms with Crippen LogP contribution in [0, 0.1) is 0 Å². The van der Waals surface area contributed by atoms with Crippen molar-refractivity contribution in [2.24, 2.45) is 0 Å². The first-order valence-corrected chi connectivity index (χ1v) is 23.9. The number of benzene rings is 4. The molecule has 2 amide bonds. The summed E-state index contributed by atoms with van der Waals surface area (Å²) >= 11 is 0. The van der Waals surface area contributed by atoms with Crippen molar-refractivity contribution in [1.29, 1.82) is 0 Å². The van der Waals surface area contributed by atoms with Crippen molar-refractivity contribution in [2.45, 2.75) is 12.8 Å². The number of hydrogen-bond acceptors (Lipinski definition) is 16. The van der Waals surface area contributed by atoms with Crippen LogP contribution in [0.2, 0.25) is 0 Å². The minimum atomic E-state index is -0.542. The number of ketones is 2. The topological polar surface area (TPSA) is 268 Å². The molecule has 0 aliphatic heterocycles. The van der Waals surface area contributed by atoms with Gasteiger partial charge in [-0.25, -0.2) is 19.6 Å². The minimum Gasteiger partial charge on any atom is -0.495 e. The maximum atomic E-state index is 13.9. The number of carbonyl (C=O) groups excluding carboxylic acids is 6. The van der Waals surface area contributed by atoms with Crippen molar-refractivity contribution < 1.29 is 57.2 Å². The third-order valence-corrected chi connectivity index (χ3v) is 12.2. The fourth-order valence-electron chi connectivity index (χ4n) is 8.26. The maximum absolute atomic E-state index is 13.9. The average Bonchev–Trinajstić information content (AvgIpc) is 4.03. The number of carbonyl (C=O) groups is 6. The van der Waals surface area contributed by atoms with Crippen LogP contribution in [0.1, 0.15) is 86.6 Å². The molecule has 0 spiro atoms. The predicted octanol–water partition coefficient (Wildman–Crippen LogP) is 6.51. The first-order valence-electron chi connectivity index (χ1n) is 23.9. The zero-order valence-corrected chi connectivity index (χ0v) is 42.0. The van der Waals surface area contributed by atoms with Crippen molar-refractivity contribution in [1.82, 2.24) is 29.4 Å². The van der Waals surface area contributed by atoms with Crippen molar-refractivity contribution in [3.8, 4) is 34.0 Å². The third-order valence-electron chi connectivity index (χ3n) is 12.2. The molecule has 0 bridgehead atoms.